The molecule has 2 rings (SSSR count). The minimum Gasteiger partial charge on any atom is -0.390 e. The van der Waals surface area contributed by atoms with E-state index in [1.54, 1.807) is 0 Å². The fourth-order valence-corrected chi connectivity index (χ4v) is 2.11. The summed E-state index contributed by atoms with van der Waals surface area (Å²) in [5, 5.41) is 10.0. The molecule has 1 fully saturated rings. The van der Waals surface area contributed by atoms with E-state index in [-0.39, 0.29) is 6.10 Å². The first-order valence-electron chi connectivity index (χ1n) is 4.85. The Morgan fingerprint density at radius 2 is 2.07 bits per heavy atom. The summed E-state index contributed by atoms with van der Waals surface area (Å²) in [6.45, 7) is 3.63. The molecule has 0 bridgehead atoms. The van der Waals surface area contributed by atoms with E-state index < -0.39 is 0 Å². The van der Waals surface area contributed by atoms with Crippen LogP contribution in [0.25, 0.3) is 0 Å². The van der Waals surface area contributed by atoms with Gasteiger partial charge in [0.15, 0.2) is 0 Å². The quantitative estimate of drug-likeness (QED) is 0.810. The highest BCUT2D eigenvalue weighted by atomic mass is 35.5. The Hall–Kier alpha value is -0.570. The van der Waals surface area contributed by atoms with Crippen LogP contribution in [0.3, 0.4) is 0 Å². The third-order valence-electron chi connectivity index (χ3n) is 2.79. The molecule has 2 nitrogen and oxygen atoms in total. The summed E-state index contributed by atoms with van der Waals surface area (Å²) in [4.78, 5) is 2.21. The molecule has 14 heavy (non-hydrogen) atoms. The van der Waals surface area contributed by atoms with Crippen LogP contribution in [-0.2, 0) is 0 Å². The molecule has 0 unspecified atom stereocenters. The third kappa shape index (κ3) is 1.78. The second-order valence-corrected chi connectivity index (χ2v) is 4.21. The van der Waals surface area contributed by atoms with Crippen LogP contribution in [-0.4, -0.2) is 29.2 Å². The Morgan fingerprint density at radius 3 is 2.64 bits per heavy atom. The van der Waals surface area contributed by atoms with Gasteiger partial charge in [0.2, 0.25) is 0 Å². The van der Waals surface area contributed by atoms with E-state index in [0.717, 1.165) is 23.7 Å². The highest BCUT2D eigenvalue weighted by molar-refractivity contribution is 6.31. The maximum atomic E-state index is 9.21. The summed E-state index contributed by atoms with van der Waals surface area (Å²) in [6.07, 6.45) is -0.153. The van der Waals surface area contributed by atoms with Gasteiger partial charge < -0.3 is 5.11 Å². The first-order valence-corrected chi connectivity index (χ1v) is 5.23. The van der Waals surface area contributed by atoms with Crippen LogP contribution in [0.2, 0.25) is 5.02 Å². The van der Waals surface area contributed by atoms with Crippen molar-refractivity contribution in [3.05, 3.63) is 34.9 Å². The van der Waals surface area contributed by atoms with Crippen LogP contribution >= 0.6 is 11.6 Å². The molecule has 0 amide bonds. The smallest absolute Gasteiger partial charge is 0.0794 e. The molecule has 0 spiro atoms. The lowest BCUT2D eigenvalue weighted by molar-refractivity contribution is -0.0211. The highest BCUT2D eigenvalue weighted by Gasteiger charge is 2.29. The van der Waals surface area contributed by atoms with Crippen LogP contribution < -0.4 is 0 Å². The molecule has 3 heteroatoms. The fourth-order valence-electron chi connectivity index (χ4n) is 1.81. The van der Waals surface area contributed by atoms with Crippen molar-refractivity contribution in [1.29, 1.82) is 0 Å². The molecular weight excluding hydrogens is 198 g/mol. The van der Waals surface area contributed by atoms with E-state index in [1.807, 2.05) is 24.3 Å². The fraction of sp³-hybridized carbons (Fsp3) is 0.455. The van der Waals surface area contributed by atoms with Gasteiger partial charge in [-0.1, -0.05) is 29.8 Å². The monoisotopic (exact) mass is 211 g/mol. The normalized spacial score (nSPS) is 20.5. The van der Waals surface area contributed by atoms with Crippen molar-refractivity contribution in [2.75, 3.05) is 13.1 Å². The topological polar surface area (TPSA) is 23.5 Å². The molecule has 1 aliphatic heterocycles. The Kier molecular flexibility index (Phi) is 2.77. The van der Waals surface area contributed by atoms with Crippen LogP contribution in [0.5, 0.6) is 0 Å². The van der Waals surface area contributed by atoms with Crippen molar-refractivity contribution in [2.45, 2.75) is 19.1 Å². The zero-order valence-corrected chi connectivity index (χ0v) is 8.91. The number of rotatable bonds is 2. The number of benzene rings is 1. The van der Waals surface area contributed by atoms with Gasteiger partial charge in [-0.15, -0.1) is 0 Å². The van der Waals surface area contributed by atoms with Gasteiger partial charge in [0.25, 0.3) is 0 Å². The average molecular weight is 212 g/mol. The third-order valence-corrected chi connectivity index (χ3v) is 3.14. The second-order valence-electron chi connectivity index (χ2n) is 3.81. The number of hydrogen-bond donors (Lipinski definition) is 1. The number of halogens is 1. The van der Waals surface area contributed by atoms with E-state index >= 15 is 0 Å². The van der Waals surface area contributed by atoms with Gasteiger partial charge in [-0.05, 0) is 18.6 Å². The highest BCUT2D eigenvalue weighted by Crippen LogP contribution is 2.29. The Balaban J connectivity index is 2.11. The molecular formula is C11H14ClNO. The van der Waals surface area contributed by atoms with Gasteiger partial charge in [-0.3, -0.25) is 4.90 Å². The number of hydrogen-bond acceptors (Lipinski definition) is 2. The minimum absolute atomic E-state index is 0.153. The van der Waals surface area contributed by atoms with Crippen LogP contribution in [0.4, 0.5) is 0 Å². The predicted octanol–water partition coefficient (Wildman–Crippen LogP) is 2.08. The molecule has 0 aliphatic carbocycles. The van der Waals surface area contributed by atoms with E-state index in [0.29, 0.717) is 6.04 Å². The zero-order valence-electron chi connectivity index (χ0n) is 8.15. The molecule has 1 N–H and O–H groups in total. The van der Waals surface area contributed by atoms with E-state index in [4.69, 9.17) is 11.6 Å². The molecule has 0 saturated carbocycles. The lowest BCUT2D eigenvalue weighted by atomic mass is 10.0. The SMILES string of the molecule is C[C@H](c1ccccc1Cl)N1CC(O)C1. The van der Waals surface area contributed by atoms with Crippen LogP contribution in [0, 0.1) is 0 Å². The molecule has 1 aromatic carbocycles. The van der Waals surface area contributed by atoms with Gasteiger partial charge in [0.05, 0.1) is 6.10 Å². The first kappa shape index (κ1) is 9.97. The summed E-state index contributed by atoms with van der Waals surface area (Å²) < 4.78 is 0. The van der Waals surface area contributed by atoms with Gasteiger partial charge in [0.1, 0.15) is 0 Å². The van der Waals surface area contributed by atoms with Gasteiger partial charge in [-0.2, -0.15) is 0 Å². The maximum Gasteiger partial charge on any atom is 0.0794 e. The summed E-state index contributed by atoms with van der Waals surface area (Å²) in [7, 11) is 0. The van der Waals surface area contributed by atoms with Crippen molar-refractivity contribution < 1.29 is 5.11 Å². The van der Waals surface area contributed by atoms with E-state index in [1.165, 1.54) is 0 Å². The molecule has 1 saturated heterocycles. The molecule has 0 radical (unpaired) electrons. The molecule has 1 aromatic rings. The number of aliphatic hydroxyl groups is 1. The lowest BCUT2D eigenvalue weighted by Crippen LogP contribution is -2.51. The number of β-amino-alcohol motifs (C(OH)–C–C–N with tert-alkyl or cyclic N) is 1. The van der Waals surface area contributed by atoms with Crippen molar-refractivity contribution in [1.82, 2.24) is 4.90 Å². The minimum atomic E-state index is -0.153. The van der Waals surface area contributed by atoms with Gasteiger partial charge in [-0.25, -0.2) is 0 Å². The Morgan fingerprint density at radius 1 is 1.43 bits per heavy atom. The van der Waals surface area contributed by atoms with E-state index in [2.05, 4.69) is 11.8 Å². The maximum absolute atomic E-state index is 9.21. The zero-order chi connectivity index (χ0) is 10.1. The van der Waals surface area contributed by atoms with Crippen molar-refractivity contribution in [3.8, 4) is 0 Å². The second kappa shape index (κ2) is 3.89. The number of likely N-dealkylation sites (tertiary alicyclic amines) is 1. The molecule has 1 aliphatic rings. The number of nitrogens with zero attached hydrogens (tertiary/aromatic N) is 1. The lowest BCUT2D eigenvalue weighted by Gasteiger charge is -2.40. The number of aliphatic hydroxyl groups excluding tert-OH is 1. The van der Waals surface area contributed by atoms with Gasteiger partial charge in [0, 0.05) is 24.2 Å². The summed E-state index contributed by atoms with van der Waals surface area (Å²) in [5.41, 5.74) is 1.14. The summed E-state index contributed by atoms with van der Waals surface area (Å²) >= 11 is 6.09. The van der Waals surface area contributed by atoms with Crippen molar-refractivity contribution in [2.24, 2.45) is 0 Å². The Labute approximate surface area is 89.1 Å². The van der Waals surface area contributed by atoms with Crippen LogP contribution in [0.1, 0.15) is 18.5 Å². The summed E-state index contributed by atoms with van der Waals surface area (Å²) in [5.74, 6) is 0. The average Bonchev–Trinajstić information content (AvgIpc) is 2.13. The Bertz CT molecular complexity index is 323. The molecule has 1 atom stereocenters. The van der Waals surface area contributed by atoms with Crippen molar-refractivity contribution in [3.63, 3.8) is 0 Å². The largest absolute Gasteiger partial charge is 0.390 e. The first-order chi connectivity index (χ1) is 6.68. The molecule has 1 heterocycles. The van der Waals surface area contributed by atoms with Gasteiger partial charge >= 0.3 is 0 Å². The molecule has 0 aromatic heterocycles. The van der Waals surface area contributed by atoms with Crippen molar-refractivity contribution >= 4 is 11.6 Å². The predicted molar refractivity (Wildman–Crippen MR) is 57.4 cm³/mol. The molecule has 76 valence electrons. The standard InChI is InChI=1S/C11H14ClNO/c1-8(13-6-9(14)7-13)10-4-2-3-5-11(10)12/h2-5,8-9,14H,6-7H2,1H3/t8-/m1/s1. The van der Waals surface area contributed by atoms with Crippen LogP contribution in [0.15, 0.2) is 24.3 Å². The summed E-state index contributed by atoms with van der Waals surface area (Å²) in [6, 6.07) is 8.17. The van der Waals surface area contributed by atoms with E-state index in [9.17, 15) is 5.11 Å².